The number of anilines is 2. The minimum absolute atomic E-state index is 0.0589. The largest absolute Gasteiger partial charge is 0.490 e. The van der Waals surface area contributed by atoms with Crippen LogP contribution in [-0.4, -0.2) is 12.6 Å². The maximum atomic E-state index is 9.17. The number of nitriles is 1. The fourth-order valence-electron chi connectivity index (χ4n) is 4.16. The molecule has 2 heterocycles. The lowest BCUT2D eigenvalue weighted by Gasteiger charge is -2.31. The van der Waals surface area contributed by atoms with E-state index < -0.39 is 0 Å². The molecule has 0 saturated heterocycles. The molecule has 154 valence electrons. The van der Waals surface area contributed by atoms with Crippen molar-refractivity contribution in [3.8, 4) is 6.07 Å². The standard InChI is InChI=1S/C27H25N3O/c1-19-6-10-24(11-7-19)30-14-4-5-22-16-21(9-13-27(22)30)8-12-25-17-23(15-20(2)31-25)26(18-28)29-3/h6-13,16-17,20H,4-5,14-15H2,1-2H3. The van der Waals surface area contributed by atoms with Crippen LogP contribution >= 0.6 is 0 Å². The van der Waals surface area contributed by atoms with Gasteiger partial charge in [0, 0.05) is 24.3 Å². The fraction of sp³-hybridized carbons (Fsp3) is 0.259. The van der Waals surface area contributed by atoms with Gasteiger partial charge in [-0.05, 0) is 79.8 Å². The molecule has 0 bridgehead atoms. The monoisotopic (exact) mass is 407 g/mol. The van der Waals surface area contributed by atoms with E-state index in [-0.39, 0.29) is 11.8 Å². The number of ether oxygens (including phenoxy) is 1. The molecule has 0 saturated carbocycles. The van der Waals surface area contributed by atoms with Crippen LogP contribution in [0.2, 0.25) is 0 Å². The first-order chi connectivity index (χ1) is 15.1. The molecule has 2 aromatic rings. The van der Waals surface area contributed by atoms with Crippen molar-refractivity contribution in [3.05, 3.63) is 99.8 Å². The summed E-state index contributed by atoms with van der Waals surface area (Å²) in [5, 5.41) is 9.17. The second-order valence-corrected chi connectivity index (χ2v) is 8.09. The van der Waals surface area contributed by atoms with Gasteiger partial charge in [-0.25, -0.2) is 10.1 Å². The van der Waals surface area contributed by atoms with Gasteiger partial charge in [0.15, 0.2) is 0 Å². The van der Waals surface area contributed by atoms with Gasteiger partial charge in [-0.3, -0.25) is 0 Å². The lowest BCUT2D eigenvalue weighted by Crippen LogP contribution is -2.24. The van der Waals surface area contributed by atoms with Crippen molar-refractivity contribution in [1.82, 2.24) is 0 Å². The second kappa shape index (κ2) is 8.94. The predicted octanol–water partition coefficient (Wildman–Crippen LogP) is 6.48. The van der Waals surface area contributed by atoms with Gasteiger partial charge in [-0.15, -0.1) is 0 Å². The Labute approximate surface area is 184 Å². The van der Waals surface area contributed by atoms with Gasteiger partial charge >= 0.3 is 0 Å². The van der Waals surface area contributed by atoms with E-state index in [1.165, 1.54) is 22.5 Å². The summed E-state index contributed by atoms with van der Waals surface area (Å²) in [5.41, 5.74) is 7.13. The molecular formula is C27H25N3O. The summed E-state index contributed by atoms with van der Waals surface area (Å²) in [5.74, 6) is 0.684. The average Bonchev–Trinajstić information content (AvgIpc) is 2.78. The smallest absolute Gasteiger partial charge is 0.265 e. The van der Waals surface area contributed by atoms with E-state index in [1.807, 2.05) is 31.2 Å². The lowest BCUT2D eigenvalue weighted by atomic mass is 9.98. The Morgan fingerprint density at radius 1 is 1.23 bits per heavy atom. The second-order valence-electron chi connectivity index (χ2n) is 8.09. The molecule has 0 amide bonds. The molecule has 4 heteroatoms. The number of fused-ring (bicyclic) bond motifs is 1. The third-order valence-electron chi connectivity index (χ3n) is 5.69. The first-order valence-corrected chi connectivity index (χ1v) is 10.6. The molecule has 0 spiro atoms. The highest BCUT2D eigenvalue weighted by atomic mass is 16.5. The van der Waals surface area contributed by atoms with E-state index in [0.29, 0.717) is 12.2 Å². The normalized spacial score (nSPS) is 19.7. The number of nitrogens with zero attached hydrogens (tertiary/aromatic N) is 3. The minimum atomic E-state index is -0.0589. The maximum Gasteiger partial charge on any atom is 0.265 e. The number of aryl methyl sites for hydroxylation is 2. The van der Waals surface area contributed by atoms with Gasteiger partial charge in [-0.1, -0.05) is 29.8 Å². The zero-order valence-corrected chi connectivity index (χ0v) is 17.9. The summed E-state index contributed by atoms with van der Waals surface area (Å²) in [6, 6.07) is 17.3. The molecule has 1 unspecified atom stereocenters. The average molecular weight is 408 g/mol. The van der Waals surface area contributed by atoms with Crippen LogP contribution in [0.25, 0.3) is 10.9 Å². The van der Waals surface area contributed by atoms with Crippen LogP contribution in [0.1, 0.15) is 36.5 Å². The van der Waals surface area contributed by atoms with Crippen LogP contribution in [0, 0.1) is 24.8 Å². The molecule has 0 aromatic heterocycles. The highest BCUT2D eigenvalue weighted by Crippen LogP contribution is 2.34. The van der Waals surface area contributed by atoms with E-state index in [0.717, 1.165) is 30.5 Å². The highest BCUT2D eigenvalue weighted by Gasteiger charge is 2.19. The van der Waals surface area contributed by atoms with Crippen LogP contribution in [0.3, 0.4) is 0 Å². The molecular weight excluding hydrogens is 382 g/mol. The number of hydrogen-bond donors (Lipinski definition) is 0. The van der Waals surface area contributed by atoms with Crippen molar-refractivity contribution in [1.29, 1.82) is 5.26 Å². The highest BCUT2D eigenvalue weighted by molar-refractivity contribution is 5.70. The van der Waals surface area contributed by atoms with E-state index in [9.17, 15) is 5.26 Å². The van der Waals surface area contributed by atoms with Crippen LogP contribution < -0.4 is 4.90 Å². The molecule has 0 radical (unpaired) electrons. The third kappa shape index (κ3) is 4.55. The summed E-state index contributed by atoms with van der Waals surface area (Å²) < 4.78 is 5.89. The van der Waals surface area contributed by atoms with Crippen molar-refractivity contribution in [2.75, 3.05) is 11.4 Å². The van der Waals surface area contributed by atoms with Crippen molar-refractivity contribution in [2.24, 2.45) is 0 Å². The van der Waals surface area contributed by atoms with Gasteiger partial charge in [0.1, 0.15) is 5.76 Å². The first kappa shape index (κ1) is 20.5. The summed E-state index contributed by atoms with van der Waals surface area (Å²) >= 11 is 0. The number of allylic oxidation sites excluding steroid dienone is 3. The van der Waals surface area contributed by atoms with Gasteiger partial charge in [0.2, 0.25) is 0 Å². The summed E-state index contributed by atoms with van der Waals surface area (Å²) in [7, 11) is 0. The lowest BCUT2D eigenvalue weighted by molar-refractivity contribution is 0.133. The van der Waals surface area contributed by atoms with Crippen LogP contribution in [-0.2, 0) is 11.2 Å². The molecule has 31 heavy (non-hydrogen) atoms. The number of rotatable bonds is 3. The van der Waals surface area contributed by atoms with E-state index >= 15 is 0 Å². The van der Waals surface area contributed by atoms with Crippen LogP contribution in [0.5, 0.6) is 0 Å². The summed E-state index contributed by atoms with van der Waals surface area (Å²) in [6.07, 6.45) is 8.49. The van der Waals surface area contributed by atoms with Crippen molar-refractivity contribution >= 4 is 17.5 Å². The Balaban J connectivity index is 1.59. The molecule has 2 aliphatic rings. The van der Waals surface area contributed by atoms with Crippen molar-refractivity contribution < 1.29 is 4.74 Å². The molecule has 2 aromatic carbocycles. The predicted molar refractivity (Wildman–Crippen MR) is 124 cm³/mol. The molecule has 4 nitrogen and oxygen atoms in total. The minimum Gasteiger partial charge on any atom is -0.490 e. The van der Waals surface area contributed by atoms with Gasteiger partial charge in [-0.2, -0.15) is 0 Å². The quantitative estimate of drug-likeness (QED) is 0.432. The Hall–Kier alpha value is -3.76. The Kier molecular flexibility index (Phi) is 5.92. The summed E-state index contributed by atoms with van der Waals surface area (Å²) in [4.78, 5) is 5.74. The van der Waals surface area contributed by atoms with Crippen LogP contribution in [0.15, 0.2) is 71.6 Å². The van der Waals surface area contributed by atoms with E-state index in [2.05, 4.69) is 59.1 Å². The van der Waals surface area contributed by atoms with Gasteiger partial charge in [0.25, 0.3) is 5.70 Å². The van der Waals surface area contributed by atoms with E-state index in [4.69, 9.17) is 11.3 Å². The zero-order chi connectivity index (χ0) is 21.8. The van der Waals surface area contributed by atoms with Crippen molar-refractivity contribution in [2.45, 2.75) is 39.2 Å². The number of benzene rings is 2. The molecule has 1 atom stereocenters. The van der Waals surface area contributed by atoms with Gasteiger partial charge in [0.05, 0.1) is 18.7 Å². The Morgan fingerprint density at radius 2 is 2.03 bits per heavy atom. The Bertz CT molecular complexity index is 1140. The molecule has 2 aliphatic heterocycles. The topological polar surface area (TPSA) is 40.6 Å². The SMILES string of the molecule is [C-]#[N+]C(C#N)=C1C=C(C=Cc2ccc3c(c2)CCCN3c2ccc(C)cc2)OC(C)C1. The molecule has 0 aliphatic carbocycles. The van der Waals surface area contributed by atoms with Crippen LogP contribution in [0.4, 0.5) is 11.4 Å². The van der Waals surface area contributed by atoms with Gasteiger partial charge < -0.3 is 9.64 Å². The molecule has 0 N–H and O–H groups in total. The zero-order valence-electron chi connectivity index (χ0n) is 17.9. The number of hydrogen-bond acceptors (Lipinski definition) is 3. The Morgan fingerprint density at radius 3 is 2.77 bits per heavy atom. The summed E-state index contributed by atoms with van der Waals surface area (Å²) in [6.45, 7) is 12.3. The van der Waals surface area contributed by atoms with E-state index in [1.54, 1.807) is 0 Å². The molecule has 4 rings (SSSR count). The van der Waals surface area contributed by atoms with Crippen molar-refractivity contribution in [3.63, 3.8) is 0 Å². The molecule has 0 fully saturated rings. The fourth-order valence-corrected chi connectivity index (χ4v) is 4.16. The maximum absolute atomic E-state index is 9.17. The first-order valence-electron chi connectivity index (χ1n) is 10.6. The third-order valence-corrected chi connectivity index (χ3v) is 5.69.